The molecule has 0 bridgehead atoms. The van der Waals surface area contributed by atoms with Crippen LogP contribution in [-0.2, 0) is 19.3 Å². The second-order valence-electron chi connectivity index (χ2n) is 5.24. The van der Waals surface area contributed by atoms with Crippen LogP contribution >= 0.6 is 11.3 Å². The summed E-state index contributed by atoms with van der Waals surface area (Å²) in [4.78, 5) is 2.30. The molecule has 0 saturated carbocycles. The first-order chi connectivity index (χ1) is 9.60. The van der Waals surface area contributed by atoms with Crippen molar-refractivity contribution in [1.82, 2.24) is 0 Å². The summed E-state index contributed by atoms with van der Waals surface area (Å²) < 4.78 is 0. The molecule has 1 nitrogen and oxygen atoms in total. The number of hydrogen-bond donors (Lipinski definition) is 1. The predicted molar refractivity (Wildman–Crippen MR) is 87.7 cm³/mol. The average Bonchev–Trinajstić information content (AvgIpc) is 2.91. The highest BCUT2D eigenvalue weighted by Crippen LogP contribution is 2.33. The first-order valence-electron chi connectivity index (χ1n) is 7.49. The fourth-order valence-corrected chi connectivity index (χ4v) is 3.61. The van der Waals surface area contributed by atoms with E-state index in [0.717, 1.165) is 29.7 Å². The molecule has 108 valence electrons. The highest BCUT2D eigenvalue weighted by Gasteiger charge is 2.19. The van der Waals surface area contributed by atoms with Crippen LogP contribution in [0.2, 0.25) is 0 Å². The van der Waals surface area contributed by atoms with Crippen LogP contribution in [0, 0.1) is 6.92 Å². The Hall–Kier alpha value is -1.12. The fraction of sp³-hybridized carbons (Fsp3) is 0.444. The zero-order valence-electron chi connectivity index (χ0n) is 12.9. The van der Waals surface area contributed by atoms with Crippen LogP contribution in [-0.4, -0.2) is 5.11 Å². The Morgan fingerprint density at radius 1 is 1.00 bits per heavy atom. The molecule has 1 atom stereocenters. The maximum Gasteiger partial charge on any atom is 0.114 e. The molecule has 1 aromatic carbocycles. The van der Waals surface area contributed by atoms with Gasteiger partial charge in [-0.2, -0.15) is 0 Å². The third-order valence-electron chi connectivity index (χ3n) is 3.89. The molecule has 0 spiro atoms. The minimum Gasteiger partial charge on any atom is -0.383 e. The predicted octanol–water partition coefficient (Wildman–Crippen LogP) is 4.83. The molecule has 20 heavy (non-hydrogen) atoms. The number of aryl methyl sites for hydroxylation is 4. The summed E-state index contributed by atoms with van der Waals surface area (Å²) in [7, 11) is 0. The van der Waals surface area contributed by atoms with E-state index in [1.165, 1.54) is 21.6 Å². The lowest BCUT2D eigenvalue weighted by atomic mass is 9.90. The van der Waals surface area contributed by atoms with Gasteiger partial charge in [-0.05, 0) is 60.6 Å². The van der Waals surface area contributed by atoms with Gasteiger partial charge in [-0.15, -0.1) is 11.3 Å². The molecular weight excluding hydrogens is 264 g/mol. The van der Waals surface area contributed by atoms with E-state index in [1.807, 2.05) is 0 Å². The maximum absolute atomic E-state index is 10.8. The normalized spacial score (nSPS) is 12.7. The minimum atomic E-state index is -0.482. The second kappa shape index (κ2) is 6.55. The van der Waals surface area contributed by atoms with Crippen LogP contribution in [0.1, 0.15) is 58.9 Å². The molecule has 2 heteroatoms. The van der Waals surface area contributed by atoms with E-state index in [0.29, 0.717) is 0 Å². The quantitative estimate of drug-likeness (QED) is 0.836. The lowest BCUT2D eigenvalue weighted by molar-refractivity contribution is 0.222. The molecule has 0 aliphatic carbocycles. The first-order valence-corrected chi connectivity index (χ1v) is 8.31. The van der Waals surface area contributed by atoms with Crippen molar-refractivity contribution in [2.75, 3.05) is 0 Å². The van der Waals surface area contributed by atoms with Crippen LogP contribution in [0.5, 0.6) is 0 Å². The fourth-order valence-electron chi connectivity index (χ4n) is 2.73. The number of thiophene rings is 1. The lowest BCUT2D eigenvalue weighted by Gasteiger charge is -2.19. The van der Waals surface area contributed by atoms with Crippen molar-refractivity contribution >= 4 is 11.3 Å². The average molecular weight is 288 g/mol. The summed E-state index contributed by atoms with van der Waals surface area (Å²) in [5.74, 6) is 0. The zero-order chi connectivity index (χ0) is 14.7. The summed E-state index contributed by atoms with van der Waals surface area (Å²) in [6.45, 7) is 8.61. The van der Waals surface area contributed by atoms with Gasteiger partial charge < -0.3 is 5.11 Å². The Kier molecular flexibility index (Phi) is 5.00. The monoisotopic (exact) mass is 288 g/mol. The van der Waals surface area contributed by atoms with Crippen LogP contribution in [0.15, 0.2) is 24.3 Å². The van der Waals surface area contributed by atoms with Crippen LogP contribution in [0.25, 0.3) is 0 Å². The molecule has 2 rings (SSSR count). The number of aliphatic hydroxyl groups excluding tert-OH is 1. The van der Waals surface area contributed by atoms with E-state index >= 15 is 0 Å². The molecule has 0 saturated heterocycles. The zero-order valence-corrected chi connectivity index (χ0v) is 13.7. The van der Waals surface area contributed by atoms with Gasteiger partial charge in [0.2, 0.25) is 0 Å². The van der Waals surface area contributed by atoms with Crippen molar-refractivity contribution in [2.45, 2.75) is 53.1 Å². The largest absolute Gasteiger partial charge is 0.383 e. The van der Waals surface area contributed by atoms with E-state index in [1.54, 1.807) is 11.3 Å². The Morgan fingerprint density at radius 2 is 1.60 bits per heavy atom. The van der Waals surface area contributed by atoms with Gasteiger partial charge in [-0.25, -0.2) is 0 Å². The summed E-state index contributed by atoms with van der Waals surface area (Å²) in [5.41, 5.74) is 5.09. The maximum atomic E-state index is 10.8. The molecule has 1 unspecified atom stereocenters. The van der Waals surface area contributed by atoms with Gasteiger partial charge in [0.05, 0.1) is 0 Å². The molecule has 0 radical (unpaired) electrons. The molecule has 1 heterocycles. The third kappa shape index (κ3) is 2.97. The van der Waals surface area contributed by atoms with E-state index in [4.69, 9.17) is 0 Å². The van der Waals surface area contributed by atoms with Crippen LogP contribution in [0.3, 0.4) is 0 Å². The standard InChI is InChI=1S/C18H24OS/c1-5-13-10-14(6-2)17(15(7-3)11-13)18(19)16-9-8-12(4)20-16/h8-11,18-19H,5-7H2,1-4H3. The second-order valence-corrected chi connectivity index (χ2v) is 6.56. The topological polar surface area (TPSA) is 20.2 Å². The molecule has 2 aromatic rings. The Balaban J connectivity index is 2.53. The number of benzene rings is 1. The van der Waals surface area contributed by atoms with Crippen molar-refractivity contribution in [2.24, 2.45) is 0 Å². The smallest absolute Gasteiger partial charge is 0.114 e. The van der Waals surface area contributed by atoms with Crippen molar-refractivity contribution in [3.05, 3.63) is 56.3 Å². The van der Waals surface area contributed by atoms with Crippen molar-refractivity contribution < 1.29 is 5.11 Å². The summed E-state index contributed by atoms with van der Waals surface area (Å²) in [5, 5.41) is 10.8. The van der Waals surface area contributed by atoms with Crippen molar-refractivity contribution in [3.63, 3.8) is 0 Å². The Bertz CT molecular complexity index is 558. The van der Waals surface area contributed by atoms with Gasteiger partial charge in [0.15, 0.2) is 0 Å². The SMILES string of the molecule is CCc1cc(CC)c(C(O)c2ccc(C)s2)c(CC)c1. The lowest BCUT2D eigenvalue weighted by Crippen LogP contribution is -2.07. The van der Waals surface area contributed by atoms with Gasteiger partial charge in [-0.3, -0.25) is 0 Å². The first kappa shape index (κ1) is 15.3. The molecule has 1 N–H and O–H groups in total. The van der Waals surface area contributed by atoms with Crippen molar-refractivity contribution in [3.8, 4) is 0 Å². The molecule has 0 aliphatic heterocycles. The Labute approximate surface area is 126 Å². The number of rotatable bonds is 5. The van der Waals surface area contributed by atoms with E-state index < -0.39 is 6.10 Å². The Morgan fingerprint density at radius 3 is 2.00 bits per heavy atom. The minimum absolute atomic E-state index is 0.482. The number of hydrogen-bond acceptors (Lipinski definition) is 2. The molecule has 0 aliphatic rings. The molecular formula is C18H24OS. The van der Waals surface area contributed by atoms with Crippen molar-refractivity contribution in [1.29, 1.82) is 0 Å². The van der Waals surface area contributed by atoms with Gasteiger partial charge in [0.25, 0.3) is 0 Å². The van der Waals surface area contributed by atoms with Crippen LogP contribution in [0.4, 0.5) is 0 Å². The van der Waals surface area contributed by atoms with Gasteiger partial charge >= 0.3 is 0 Å². The van der Waals surface area contributed by atoms with Gasteiger partial charge in [-0.1, -0.05) is 32.9 Å². The number of aliphatic hydroxyl groups is 1. The van der Waals surface area contributed by atoms with Gasteiger partial charge in [0, 0.05) is 9.75 Å². The van der Waals surface area contributed by atoms with E-state index in [9.17, 15) is 5.11 Å². The summed E-state index contributed by atoms with van der Waals surface area (Å²) in [6.07, 6.45) is 2.51. The highest BCUT2D eigenvalue weighted by atomic mass is 32.1. The van der Waals surface area contributed by atoms with E-state index in [-0.39, 0.29) is 0 Å². The van der Waals surface area contributed by atoms with Crippen LogP contribution < -0.4 is 0 Å². The molecule has 0 fully saturated rings. The molecule has 1 aromatic heterocycles. The third-order valence-corrected chi connectivity index (χ3v) is 4.94. The summed E-state index contributed by atoms with van der Waals surface area (Å²) >= 11 is 1.69. The highest BCUT2D eigenvalue weighted by molar-refractivity contribution is 7.12. The van der Waals surface area contributed by atoms with Gasteiger partial charge in [0.1, 0.15) is 6.10 Å². The van der Waals surface area contributed by atoms with E-state index in [2.05, 4.69) is 52.0 Å². The molecule has 0 amide bonds. The summed E-state index contributed by atoms with van der Waals surface area (Å²) in [6, 6.07) is 8.66.